The summed E-state index contributed by atoms with van der Waals surface area (Å²) in [5.74, 6) is -0.299. The first-order valence-electron chi connectivity index (χ1n) is 15.5. The van der Waals surface area contributed by atoms with Crippen LogP contribution in [0.1, 0.15) is 41.5 Å². The maximum absolute atomic E-state index is 15.5. The van der Waals surface area contributed by atoms with Crippen molar-refractivity contribution in [2.45, 2.75) is 51.9 Å². The van der Waals surface area contributed by atoms with Crippen LogP contribution in [0.25, 0.3) is 32.7 Å². The highest BCUT2D eigenvalue weighted by Gasteiger charge is 2.45. The Hall–Kier alpha value is -4.10. The average molecular weight is 647 g/mol. The predicted molar refractivity (Wildman–Crippen MR) is 196 cm³/mol. The van der Waals surface area contributed by atoms with Crippen molar-refractivity contribution in [2.75, 3.05) is 0 Å². The molecular weight excluding hydrogens is 606 g/mol. The van der Waals surface area contributed by atoms with Gasteiger partial charge in [0.15, 0.2) is 14.3 Å². The number of phenols is 2. The van der Waals surface area contributed by atoms with Crippen LogP contribution < -0.4 is 21.2 Å². The van der Waals surface area contributed by atoms with Crippen molar-refractivity contribution in [1.82, 2.24) is 0 Å². The number of phenolic OH excluding ortho intramolecular Hbond substituents is 2. The first-order chi connectivity index (χ1) is 21.7. The summed E-state index contributed by atoms with van der Waals surface area (Å²) < 4.78 is 31.0. The molecular formula is C40H40O4P2. The van der Waals surface area contributed by atoms with Gasteiger partial charge >= 0.3 is 0 Å². The zero-order chi connectivity index (χ0) is 33.1. The first kappa shape index (κ1) is 31.9. The van der Waals surface area contributed by atoms with E-state index in [1.807, 2.05) is 163 Å². The summed E-state index contributed by atoms with van der Waals surface area (Å²) >= 11 is 0. The minimum Gasteiger partial charge on any atom is -0.506 e. The Morgan fingerprint density at radius 3 is 1.09 bits per heavy atom. The standard InChI is InChI=1S/C40H40O4P2/c1-39(2,3)45(43,29-19-9-7-10-20-29)33-25-27-17-13-15-23-31(27)35(37(33)41)36-32-24-16-14-18-28(32)26-34(38(36)42)46(44,40(4,5)6)30-21-11-8-12-22-30/h7-26,41-42H,1-6H3. The van der Waals surface area contributed by atoms with E-state index in [9.17, 15) is 10.2 Å². The molecule has 46 heavy (non-hydrogen) atoms. The second kappa shape index (κ2) is 11.3. The van der Waals surface area contributed by atoms with Gasteiger partial charge in [-0.25, -0.2) is 0 Å². The molecule has 0 fully saturated rings. The zero-order valence-corrected chi connectivity index (χ0v) is 28.9. The van der Waals surface area contributed by atoms with Gasteiger partial charge in [-0.1, -0.05) is 151 Å². The molecule has 6 heteroatoms. The molecule has 234 valence electrons. The fourth-order valence-corrected chi connectivity index (χ4v) is 12.9. The van der Waals surface area contributed by atoms with Gasteiger partial charge in [-0.2, -0.15) is 0 Å². The summed E-state index contributed by atoms with van der Waals surface area (Å²) in [7, 11) is -6.96. The summed E-state index contributed by atoms with van der Waals surface area (Å²) in [6.45, 7) is 11.6. The Balaban J connectivity index is 1.82. The highest BCUT2D eigenvalue weighted by Crippen LogP contribution is 2.61. The number of fused-ring (bicyclic) bond motifs is 2. The van der Waals surface area contributed by atoms with Crippen LogP contribution in [0.5, 0.6) is 11.5 Å². The largest absolute Gasteiger partial charge is 0.506 e. The molecule has 2 atom stereocenters. The van der Waals surface area contributed by atoms with Crippen LogP contribution in [0.3, 0.4) is 0 Å². The van der Waals surface area contributed by atoms with E-state index in [-0.39, 0.29) is 11.5 Å². The predicted octanol–water partition coefficient (Wildman–Crippen LogP) is 9.30. The third-order valence-corrected chi connectivity index (χ3v) is 16.9. The third kappa shape index (κ3) is 4.82. The number of aromatic hydroxyl groups is 2. The number of hydrogen-bond acceptors (Lipinski definition) is 4. The van der Waals surface area contributed by atoms with Gasteiger partial charge < -0.3 is 19.3 Å². The summed E-state index contributed by atoms with van der Waals surface area (Å²) in [4.78, 5) is 0. The maximum Gasteiger partial charge on any atom is 0.151 e. The first-order valence-corrected chi connectivity index (χ1v) is 18.9. The van der Waals surface area contributed by atoms with Gasteiger partial charge in [0.2, 0.25) is 0 Å². The van der Waals surface area contributed by atoms with Crippen molar-refractivity contribution in [3.63, 3.8) is 0 Å². The van der Waals surface area contributed by atoms with Crippen LogP contribution in [-0.2, 0) is 9.13 Å². The zero-order valence-electron chi connectivity index (χ0n) is 27.2. The second-order valence-electron chi connectivity index (χ2n) is 13.9. The lowest BCUT2D eigenvalue weighted by atomic mass is 9.92. The number of rotatable bonds is 5. The summed E-state index contributed by atoms with van der Waals surface area (Å²) in [5, 5.41) is 28.4. The third-order valence-electron chi connectivity index (χ3n) is 9.06. The van der Waals surface area contributed by atoms with E-state index in [1.165, 1.54) is 0 Å². The van der Waals surface area contributed by atoms with Crippen LogP contribution in [-0.4, -0.2) is 20.5 Å². The van der Waals surface area contributed by atoms with E-state index in [0.717, 1.165) is 10.8 Å². The fraction of sp³-hybridized carbons (Fsp3) is 0.200. The fourth-order valence-electron chi connectivity index (χ4n) is 6.68. The molecule has 0 heterocycles. The van der Waals surface area contributed by atoms with Crippen molar-refractivity contribution in [2.24, 2.45) is 0 Å². The monoisotopic (exact) mass is 646 g/mol. The van der Waals surface area contributed by atoms with Crippen LogP contribution in [0.2, 0.25) is 0 Å². The molecule has 0 amide bonds. The minimum atomic E-state index is -3.48. The molecule has 2 N–H and O–H groups in total. The van der Waals surface area contributed by atoms with Gasteiger partial charge in [-0.15, -0.1) is 0 Å². The second-order valence-corrected chi connectivity index (χ2v) is 21.0. The summed E-state index contributed by atoms with van der Waals surface area (Å²) in [6.07, 6.45) is 0. The number of benzene rings is 6. The van der Waals surface area contributed by atoms with Crippen molar-refractivity contribution in [1.29, 1.82) is 0 Å². The van der Waals surface area contributed by atoms with Gasteiger partial charge in [0, 0.05) is 32.0 Å². The molecule has 0 aliphatic rings. The molecule has 0 radical (unpaired) electrons. The molecule has 0 aliphatic carbocycles. The smallest absolute Gasteiger partial charge is 0.151 e. The van der Waals surface area contributed by atoms with Crippen molar-refractivity contribution < 1.29 is 19.3 Å². The Morgan fingerprint density at radius 1 is 0.457 bits per heavy atom. The van der Waals surface area contributed by atoms with Crippen LogP contribution in [0.15, 0.2) is 121 Å². The highest BCUT2D eigenvalue weighted by atomic mass is 31.2. The molecule has 2 unspecified atom stereocenters. The Kier molecular flexibility index (Phi) is 7.83. The maximum atomic E-state index is 15.5. The molecule has 6 rings (SSSR count). The molecule has 0 saturated heterocycles. The average Bonchev–Trinajstić information content (AvgIpc) is 3.04. The minimum absolute atomic E-state index is 0.149. The molecule has 0 spiro atoms. The van der Waals surface area contributed by atoms with Gasteiger partial charge in [0.25, 0.3) is 0 Å². The Labute approximate surface area is 271 Å². The molecule has 0 aliphatic heterocycles. The quantitative estimate of drug-likeness (QED) is 0.183. The van der Waals surface area contributed by atoms with E-state index in [2.05, 4.69) is 0 Å². The Morgan fingerprint density at radius 2 is 0.761 bits per heavy atom. The van der Waals surface area contributed by atoms with Crippen LogP contribution >= 0.6 is 14.3 Å². The van der Waals surface area contributed by atoms with Crippen LogP contribution in [0.4, 0.5) is 0 Å². The molecule has 6 aromatic rings. The number of hydrogen-bond donors (Lipinski definition) is 2. The van der Waals surface area contributed by atoms with E-state index in [4.69, 9.17) is 0 Å². The normalized spacial score (nSPS) is 15.0. The molecule has 0 saturated carbocycles. The van der Waals surface area contributed by atoms with Crippen molar-refractivity contribution in [3.8, 4) is 22.6 Å². The molecule has 0 bridgehead atoms. The lowest BCUT2D eigenvalue weighted by molar-refractivity contribution is 0.473. The van der Waals surface area contributed by atoms with Gasteiger partial charge in [0.1, 0.15) is 11.5 Å². The summed E-state index contributed by atoms with van der Waals surface area (Å²) in [6, 6.07) is 37.6. The SMILES string of the molecule is CC(C)(C)P(=O)(c1ccccc1)c1cc2ccccc2c(-c2c(O)c(P(=O)(c3ccccc3)C(C)(C)C)cc3ccccc23)c1O. The Bertz CT molecular complexity index is 2030. The van der Waals surface area contributed by atoms with E-state index in [1.54, 1.807) is 0 Å². The summed E-state index contributed by atoms with van der Waals surface area (Å²) in [5.41, 5.74) is 0.746. The van der Waals surface area contributed by atoms with E-state index >= 15 is 9.13 Å². The van der Waals surface area contributed by atoms with Crippen molar-refractivity contribution in [3.05, 3.63) is 121 Å². The van der Waals surface area contributed by atoms with Gasteiger partial charge in [0.05, 0.1) is 10.6 Å². The molecule has 4 nitrogen and oxygen atoms in total. The lowest BCUT2D eigenvalue weighted by Crippen LogP contribution is -2.31. The van der Waals surface area contributed by atoms with Crippen LogP contribution in [0, 0.1) is 0 Å². The molecule has 0 aromatic heterocycles. The highest BCUT2D eigenvalue weighted by molar-refractivity contribution is 7.80. The van der Waals surface area contributed by atoms with Gasteiger partial charge in [-0.3, -0.25) is 0 Å². The van der Waals surface area contributed by atoms with E-state index in [0.29, 0.717) is 43.1 Å². The van der Waals surface area contributed by atoms with Gasteiger partial charge in [-0.05, 0) is 33.7 Å². The topological polar surface area (TPSA) is 74.6 Å². The lowest BCUT2D eigenvalue weighted by Gasteiger charge is -2.34. The molecule has 6 aromatic carbocycles. The van der Waals surface area contributed by atoms with Crippen molar-refractivity contribution >= 4 is 57.0 Å². The van der Waals surface area contributed by atoms with E-state index < -0.39 is 24.6 Å².